The fraction of sp³-hybridized carbons (Fsp3) is 0.571. The molecule has 1 aliphatic rings. The van der Waals surface area contributed by atoms with Crippen LogP contribution < -0.4 is 5.73 Å². The van der Waals surface area contributed by atoms with E-state index in [2.05, 4.69) is 0 Å². The minimum atomic E-state index is -4.39. The average Bonchev–Trinajstić information content (AvgIpc) is 2.87. The predicted molar refractivity (Wildman–Crippen MR) is 66.6 cm³/mol. The largest absolute Gasteiger partial charge is 0.416 e. The van der Waals surface area contributed by atoms with Crippen LogP contribution in [0.25, 0.3) is 0 Å². The number of methoxy groups -OCH3 is 1. The van der Waals surface area contributed by atoms with Gasteiger partial charge in [0.05, 0.1) is 17.2 Å². The van der Waals surface area contributed by atoms with Gasteiger partial charge in [-0.25, -0.2) is 0 Å². The second-order valence-electron chi connectivity index (χ2n) is 5.04. The first-order valence-electron chi connectivity index (χ1n) is 6.37. The highest BCUT2D eigenvalue weighted by Crippen LogP contribution is 2.44. The maximum atomic E-state index is 13.0. The molecule has 2 rings (SSSR count). The van der Waals surface area contributed by atoms with Gasteiger partial charge in [0.2, 0.25) is 0 Å². The molecular weight excluding hydrogens is 255 g/mol. The van der Waals surface area contributed by atoms with Crippen molar-refractivity contribution in [1.29, 1.82) is 0 Å². The summed E-state index contributed by atoms with van der Waals surface area (Å²) in [7, 11) is 1.53. The highest BCUT2D eigenvalue weighted by molar-refractivity contribution is 5.34. The molecule has 106 valence electrons. The van der Waals surface area contributed by atoms with Gasteiger partial charge in [0.25, 0.3) is 0 Å². The molecule has 2 N–H and O–H groups in total. The highest BCUT2D eigenvalue weighted by Gasteiger charge is 2.44. The van der Waals surface area contributed by atoms with E-state index in [-0.39, 0.29) is 5.56 Å². The standard InChI is InChI=1S/C14H18F3NO/c1-19-13(8-4-5-9-13)12(18)10-6-2-3-7-11(10)14(15,16)17/h2-3,6-7,12H,4-5,8-9,18H2,1H3. The molecule has 2 nitrogen and oxygen atoms in total. The molecule has 0 heterocycles. The van der Waals surface area contributed by atoms with Gasteiger partial charge in [-0.2, -0.15) is 13.2 Å². The van der Waals surface area contributed by atoms with E-state index in [1.807, 2.05) is 0 Å². The summed E-state index contributed by atoms with van der Waals surface area (Å²) < 4.78 is 44.6. The first-order valence-corrected chi connectivity index (χ1v) is 6.37. The fourth-order valence-corrected chi connectivity index (χ4v) is 2.93. The second kappa shape index (κ2) is 5.13. The lowest BCUT2D eigenvalue weighted by molar-refractivity contribution is -0.139. The molecule has 0 radical (unpaired) electrons. The van der Waals surface area contributed by atoms with Crippen LogP contribution in [0.3, 0.4) is 0 Å². The Balaban J connectivity index is 2.41. The van der Waals surface area contributed by atoms with Gasteiger partial charge in [-0.15, -0.1) is 0 Å². The normalized spacial score (nSPS) is 20.5. The van der Waals surface area contributed by atoms with Crippen molar-refractivity contribution in [2.75, 3.05) is 7.11 Å². The van der Waals surface area contributed by atoms with E-state index in [0.717, 1.165) is 18.9 Å². The van der Waals surface area contributed by atoms with Crippen molar-refractivity contribution < 1.29 is 17.9 Å². The second-order valence-corrected chi connectivity index (χ2v) is 5.04. The van der Waals surface area contributed by atoms with E-state index in [0.29, 0.717) is 12.8 Å². The van der Waals surface area contributed by atoms with E-state index in [1.165, 1.54) is 19.2 Å². The number of hydrogen-bond acceptors (Lipinski definition) is 2. The Kier molecular flexibility index (Phi) is 3.87. The molecule has 5 heteroatoms. The Bertz CT molecular complexity index is 439. The van der Waals surface area contributed by atoms with Crippen LogP contribution >= 0.6 is 0 Å². The van der Waals surface area contributed by atoms with Crippen molar-refractivity contribution in [2.45, 2.75) is 43.5 Å². The molecule has 1 fully saturated rings. The highest BCUT2D eigenvalue weighted by atomic mass is 19.4. The quantitative estimate of drug-likeness (QED) is 0.912. The van der Waals surface area contributed by atoms with Gasteiger partial charge in [0, 0.05) is 7.11 Å². The lowest BCUT2D eigenvalue weighted by Gasteiger charge is -2.35. The summed E-state index contributed by atoms with van der Waals surface area (Å²) in [5.74, 6) is 0. The van der Waals surface area contributed by atoms with Crippen molar-refractivity contribution in [3.63, 3.8) is 0 Å². The van der Waals surface area contributed by atoms with E-state index in [9.17, 15) is 13.2 Å². The maximum Gasteiger partial charge on any atom is 0.416 e. The number of halogens is 3. The number of benzene rings is 1. The van der Waals surface area contributed by atoms with Gasteiger partial charge in [0.1, 0.15) is 0 Å². The van der Waals surface area contributed by atoms with E-state index >= 15 is 0 Å². The molecular formula is C14H18F3NO. The fourth-order valence-electron chi connectivity index (χ4n) is 2.93. The number of alkyl halides is 3. The van der Waals surface area contributed by atoms with Crippen LogP contribution in [0.1, 0.15) is 42.9 Å². The molecule has 1 aromatic carbocycles. The van der Waals surface area contributed by atoms with Crippen LogP contribution in [0.5, 0.6) is 0 Å². The molecule has 1 atom stereocenters. The molecule has 0 amide bonds. The molecule has 1 saturated carbocycles. The maximum absolute atomic E-state index is 13.0. The Labute approximate surface area is 110 Å². The number of rotatable bonds is 3. The molecule has 0 bridgehead atoms. The molecule has 0 aromatic heterocycles. The SMILES string of the molecule is COC1(C(N)c2ccccc2C(F)(F)F)CCCC1. The van der Waals surface area contributed by atoms with Crippen molar-refractivity contribution in [2.24, 2.45) is 5.73 Å². The van der Waals surface area contributed by atoms with Crippen molar-refractivity contribution >= 4 is 0 Å². The van der Waals surface area contributed by atoms with Crippen LogP contribution in [-0.4, -0.2) is 12.7 Å². The third-order valence-corrected chi connectivity index (χ3v) is 4.02. The molecule has 0 aliphatic heterocycles. The van der Waals surface area contributed by atoms with Gasteiger partial charge in [0.15, 0.2) is 0 Å². The van der Waals surface area contributed by atoms with Gasteiger partial charge >= 0.3 is 6.18 Å². The summed E-state index contributed by atoms with van der Waals surface area (Å²) in [5.41, 5.74) is 4.92. The molecule has 19 heavy (non-hydrogen) atoms. The van der Waals surface area contributed by atoms with Crippen molar-refractivity contribution in [1.82, 2.24) is 0 Å². The molecule has 1 aromatic rings. The Morgan fingerprint density at radius 1 is 1.21 bits per heavy atom. The van der Waals surface area contributed by atoms with Crippen LogP contribution in [0.4, 0.5) is 13.2 Å². The smallest absolute Gasteiger partial charge is 0.376 e. The summed E-state index contributed by atoms with van der Waals surface area (Å²) in [4.78, 5) is 0. The van der Waals surface area contributed by atoms with Gasteiger partial charge < -0.3 is 10.5 Å². The van der Waals surface area contributed by atoms with Crippen LogP contribution in [0.2, 0.25) is 0 Å². The lowest BCUT2D eigenvalue weighted by Crippen LogP contribution is -2.41. The van der Waals surface area contributed by atoms with Gasteiger partial charge in [-0.05, 0) is 24.5 Å². The first-order chi connectivity index (χ1) is 8.91. The minimum Gasteiger partial charge on any atom is -0.376 e. The number of nitrogens with two attached hydrogens (primary N) is 1. The zero-order valence-electron chi connectivity index (χ0n) is 10.8. The monoisotopic (exact) mass is 273 g/mol. The Hall–Kier alpha value is -1.07. The Morgan fingerprint density at radius 2 is 1.79 bits per heavy atom. The first kappa shape index (κ1) is 14.3. The third-order valence-electron chi connectivity index (χ3n) is 4.02. The minimum absolute atomic E-state index is 0.124. The van der Waals surface area contributed by atoms with E-state index in [1.54, 1.807) is 6.07 Å². The number of ether oxygens (including phenoxy) is 1. The average molecular weight is 273 g/mol. The third kappa shape index (κ3) is 2.62. The summed E-state index contributed by atoms with van der Waals surface area (Å²) in [5, 5.41) is 0. The van der Waals surface area contributed by atoms with Crippen LogP contribution in [0.15, 0.2) is 24.3 Å². The van der Waals surface area contributed by atoms with Crippen LogP contribution in [0, 0.1) is 0 Å². The summed E-state index contributed by atoms with van der Waals surface area (Å²) in [6.07, 6.45) is -1.10. The Morgan fingerprint density at radius 3 is 2.32 bits per heavy atom. The van der Waals surface area contributed by atoms with E-state index < -0.39 is 23.4 Å². The molecule has 1 unspecified atom stereocenters. The zero-order chi connectivity index (χ0) is 14.1. The van der Waals surface area contributed by atoms with Crippen molar-refractivity contribution in [3.05, 3.63) is 35.4 Å². The van der Waals surface area contributed by atoms with Gasteiger partial charge in [-0.3, -0.25) is 0 Å². The summed E-state index contributed by atoms with van der Waals surface area (Å²) in [6.45, 7) is 0. The van der Waals surface area contributed by atoms with Crippen LogP contribution in [-0.2, 0) is 10.9 Å². The summed E-state index contributed by atoms with van der Waals surface area (Å²) >= 11 is 0. The molecule has 1 aliphatic carbocycles. The van der Waals surface area contributed by atoms with Gasteiger partial charge in [-0.1, -0.05) is 31.0 Å². The number of hydrogen-bond donors (Lipinski definition) is 1. The lowest BCUT2D eigenvalue weighted by atomic mass is 9.85. The van der Waals surface area contributed by atoms with Crippen molar-refractivity contribution in [3.8, 4) is 0 Å². The molecule has 0 spiro atoms. The summed E-state index contributed by atoms with van der Waals surface area (Å²) in [6, 6.07) is 4.74. The molecule has 0 saturated heterocycles. The topological polar surface area (TPSA) is 35.2 Å². The van der Waals surface area contributed by atoms with E-state index in [4.69, 9.17) is 10.5 Å². The zero-order valence-corrected chi connectivity index (χ0v) is 10.8. The predicted octanol–water partition coefficient (Wildman–Crippen LogP) is 3.66.